The van der Waals surface area contributed by atoms with Crippen molar-refractivity contribution in [3.8, 4) is 5.75 Å². The molecule has 4 rings (SSSR count). The first kappa shape index (κ1) is 15.8. The number of hydrogen-bond acceptors (Lipinski definition) is 1. The quantitative estimate of drug-likeness (QED) is 0.812. The number of quaternary nitrogens is 1. The molecule has 2 heterocycles. The van der Waals surface area contributed by atoms with E-state index >= 15 is 0 Å². The second-order valence-electron chi connectivity index (χ2n) is 7.84. The van der Waals surface area contributed by atoms with Crippen LogP contribution in [-0.4, -0.2) is 18.6 Å². The van der Waals surface area contributed by atoms with Crippen LogP contribution in [0.1, 0.15) is 50.9 Å². The monoisotopic (exact) mass is 325 g/mol. The highest BCUT2D eigenvalue weighted by atomic mass is 16.5. The molecule has 0 spiro atoms. The van der Waals surface area contributed by atoms with Crippen molar-refractivity contribution in [2.45, 2.75) is 46.1 Å². The number of aromatic amines is 1. The number of allylic oxidation sites excluding steroid dienone is 2. The predicted molar refractivity (Wildman–Crippen MR) is 98.4 cm³/mol. The lowest BCUT2D eigenvalue weighted by atomic mass is 9.72. The number of nitrogens with one attached hydrogen (secondary N) is 1. The van der Waals surface area contributed by atoms with Gasteiger partial charge in [0.05, 0.1) is 19.3 Å². The van der Waals surface area contributed by atoms with Gasteiger partial charge in [0, 0.05) is 23.2 Å². The van der Waals surface area contributed by atoms with Crippen molar-refractivity contribution in [2.75, 3.05) is 13.7 Å². The molecule has 1 aliphatic carbocycles. The van der Waals surface area contributed by atoms with E-state index in [1.54, 1.807) is 18.3 Å². The van der Waals surface area contributed by atoms with Crippen LogP contribution in [0.15, 0.2) is 29.3 Å². The van der Waals surface area contributed by atoms with Crippen molar-refractivity contribution in [3.63, 3.8) is 0 Å². The number of fused-ring (bicyclic) bond motifs is 3. The molecule has 2 aliphatic rings. The molecule has 0 radical (unpaired) electrons. The van der Waals surface area contributed by atoms with Crippen LogP contribution in [0.25, 0.3) is 10.9 Å². The van der Waals surface area contributed by atoms with Crippen LogP contribution in [-0.2, 0) is 6.42 Å². The van der Waals surface area contributed by atoms with Gasteiger partial charge in [-0.2, -0.15) is 0 Å². The SMILES string of the molecule is COc1ccc2[nH]c3c(c2c1)CC[NH2+][C@H]3[C@H]1CC(C)=C(C)C[C@@H]1C. The number of H-pyrrole nitrogens is 1. The van der Waals surface area contributed by atoms with E-state index in [-0.39, 0.29) is 0 Å². The number of methoxy groups -OCH3 is 1. The molecule has 3 atom stereocenters. The Morgan fingerprint density at radius 1 is 1.17 bits per heavy atom. The smallest absolute Gasteiger partial charge is 0.130 e. The number of aromatic nitrogens is 1. The molecule has 1 aromatic carbocycles. The highest BCUT2D eigenvalue weighted by molar-refractivity contribution is 5.86. The van der Waals surface area contributed by atoms with Crippen molar-refractivity contribution in [1.29, 1.82) is 0 Å². The maximum Gasteiger partial charge on any atom is 0.130 e. The summed E-state index contributed by atoms with van der Waals surface area (Å²) in [6, 6.07) is 6.99. The highest BCUT2D eigenvalue weighted by Gasteiger charge is 2.38. The average molecular weight is 325 g/mol. The molecule has 1 aliphatic heterocycles. The molecule has 0 bridgehead atoms. The number of ether oxygens (including phenoxy) is 1. The molecule has 2 aromatic rings. The second-order valence-corrected chi connectivity index (χ2v) is 7.84. The van der Waals surface area contributed by atoms with Crippen LogP contribution in [0.5, 0.6) is 5.75 Å². The summed E-state index contributed by atoms with van der Waals surface area (Å²) in [6.45, 7) is 8.27. The van der Waals surface area contributed by atoms with Gasteiger partial charge in [-0.3, -0.25) is 0 Å². The summed E-state index contributed by atoms with van der Waals surface area (Å²) < 4.78 is 5.44. The summed E-state index contributed by atoms with van der Waals surface area (Å²) in [5.74, 6) is 2.43. The second kappa shape index (κ2) is 5.96. The largest absolute Gasteiger partial charge is 0.497 e. The van der Waals surface area contributed by atoms with Gasteiger partial charge >= 0.3 is 0 Å². The molecule has 0 fully saturated rings. The first-order valence-electron chi connectivity index (χ1n) is 9.25. The van der Waals surface area contributed by atoms with Gasteiger partial charge in [0.15, 0.2) is 0 Å². The molecule has 3 N–H and O–H groups in total. The normalized spacial score (nSPS) is 27.4. The molecule has 24 heavy (non-hydrogen) atoms. The van der Waals surface area contributed by atoms with Gasteiger partial charge in [0.25, 0.3) is 0 Å². The average Bonchev–Trinajstić information content (AvgIpc) is 2.96. The van der Waals surface area contributed by atoms with E-state index in [2.05, 4.69) is 49.3 Å². The van der Waals surface area contributed by atoms with E-state index in [0.717, 1.165) is 24.0 Å². The lowest BCUT2D eigenvalue weighted by Gasteiger charge is -2.36. The standard InChI is InChI=1S/C21H28N2O/c1-12-9-14(3)17(10-13(12)2)20-21-16(7-8-22-20)18-11-15(24-4)5-6-19(18)23-21/h5-6,11,14,17,20,22-23H,7-10H2,1-4H3/p+1/t14-,17-,20-/m0/s1. The zero-order valence-corrected chi connectivity index (χ0v) is 15.3. The molecule has 0 unspecified atom stereocenters. The fourth-order valence-electron chi connectivity index (χ4n) is 4.86. The van der Waals surface area contributed by atoms with Gasteiger partial charge in [-0.1, -0.05) is 18.1 Å². The van der Waals surface area contributed by atoms with Gasteiger partial charge in [0.1, 0.15) is 11.8 Å². The van der Waals surface area contributed by atoms with Gasteiger partial charge in [-0.25, -0.2) is 0 Å². The zero-order valence-electron chi connectivity index (χ0n) is 15.3. The Morgan fingerprint density at radius 3 is 2.75 bits per heavy atom. The van der Waals surface area contributed by atoms with Crippen molar-refractivity contribution >= 4 is 10.9 Å². The Kier molecular flexibility index (Phi) is 3.92. The third-order valence-corrected chi connectivity index (χ3v) is 6.39. The van der Waals surface area contributed by atoms with Crippen molar-refractivity contribution in [1.82, 2.24) is 4.98 Å². The third-order valence-electron chi connectivity index (χ3n) is 6.39. The zero-order chi connectivity index (χ0) is 16.8. The van der Waals surface area contributed by atoms with Crippen LogP contribution >= 0.6 is 0 Å². The summed E-state index contributed by atoms with van der Waals surface area (Å²) in [5.41, 5.74) is 7.46. The fourth-order valence-corrected chi connectivity index (χ4v) is 4.86. The summed E-state index contributed by atoms with van der Waals surface area (Å²) in [4.78, 5) is 3.76. The summed E-state index contributed by atoms with van der Waals surface area (Å²) >= 11 is 0. The van der Waals surface area contributed by atoms with Gasteiger partial charge in [-0.15, -0.1) is 0 Å². The van der Waals surface area contributed by atoms with E-state index in [4.69, 9.17) is 4.74 Å². The van der Waals surface area contributed by atoms with Crippen molar-refractivity contribution in [3.05, 3.63) is 40.6 Å². The third kappa shape index (κ3) is 2.46. The first-order valence-corrected chi connectivity index (χ1v) is 9.25. The van der Waals surface area contributed by atoms with Crippen LogP contribution in [0, 0.1) is 11.8 Å². The molecule has 1 aromatic heterocycles. The number of hydrogen-bond donors (Lipinski definition) is 2. The van der Waals surface area contributed by atoms with E-state index in [9.17, 15) is 0 Å². The van der Waals surface area contributed by atoms with Crippen LogP contribution in [0.2, 0.25) is 0 Å². The lowest BCUT2D eigenvalue weighted by Crippen LogP contribution is -2.88. The summed E-state index contributed by atoms with van der Waals surface area (Å²) in [7, 11) is 1.75. The highest BCUT2D eigenvalue weighted by Crippen LogP contribution is 2.42. The maximum atomic E-state index is 5.44. The Morgan fingerprint density at radius 2 is 1.96 bits per heavy atom. The predicted octanol–water partition coefficient (Wildman–Crippen LogP) is 3.72. The first-order chi connectivity index (χ1) is 11.6. The number of benzene rings is 1. The Hall–Kier alpha value is -1.74. The van der Waals surface area contributed by atoms with Crippen LogP contribution < -0.4 is 10.1 Å². The molecule has 3 nitrogen and oxygen atoms in total. The lowest BCUT2D eigenvalue weighted by molar-refractivity contribution is -0.707. The Bertz CT molecular complexity index is 802. The Balaban J connectivity index is 1.76. The van der Waals surface area contributed by atoms with Crippen LogP contribution in [0.3, 0.4) is 0 Å². The van der Waals surface area contributed by atoms with Gasteiger partial charge in [0.2, 0.25) is 0 Å². The maximum absolute atomic E-state index is 5.44. The topological polar surface area (TPSA) is 41.6 Å². The minimum Gasteiger partial charge on any atom is -0.497 e. The van der Waals surface area contributed by atoms with E-state index < -0.39 is 0 Å². The minimum atomic E-state index is 0.560. The molecular formula is C21H29N2O+. The van der Waals surface area contributed by atoms with Crippen LogP contribution in [0.4, 0.5) is 0 Å². The minimum absolute atomic E-state index is 0.560. The Labute approximate surface area is 144 Å². The summed E-state index contributed by atoms with van der Waals surface area (Å²) in [5, 5.41) is 3.93. The molecule has 128 valence electrons. The van der Waals surface area contributed by atoms with Gasteiger partial charge < -0.3 is 15.0 Å². The molecule has 0 saturated carbocycles. The molecule has 0 saturated heterocycles. The van der Waals surface area contributed by atoms with E-state index in [1.165, 1.54) is 41.5 Å². The molecule has 0 amide bonds. The number of nitrogens with two attached hydrogens (primary N) is 1. The molecule has 3 heteroatoms. The fraction of sp³-hybridized carbons (Fsp3) is 0.524. The van der Waals surface area contributed by atoms with Gasteiger partial charge in [-0.05, 0) is 56.4 Å². The van der Waals surface area contributed by atoms with Crippen molar-refractivity contribution in [2.24, 2.45) is 11.8 Å². The van der Waals surface area contributed by atoms with Crippen molar-refractivity contribution < 1.29 is 10.1 Å². The van der Waals surface area contributed by atoms with E-state index in [1.807, 2.05) is 0 Å². The summed E-state index contributed by atoms with van der Waals surface area (Å²) in [6.07, 6.45) is 3.64. The van der Waals surface area contributed by atoms with E-state index in [0.29, 0.717) is 6.04 Å². The number of rotatable bonds is 2. The molecular weight excluding hydrogens is 296 g/mol.